The van der Waals surface area contributed by atoms with E-state index in [0.717, 1.165) is 7.11 Å². The van der Waals surface area contributed by atoms with Gasteiger partial charge in [-0.15, -0.1) is 0 Å². The molecule has 0 saturated heterocycles. The van der Waals surface area contributed by atoms with Crippen molar-refractivity contribution >= 4 is 29.2 Å². The van der Waals surface area contributed by atoms with Gasteiger partial charge in [-0.3, -0.25) is 4.79 Å². The Bertz CT molecular complexity index is 350. The first-order valence-electron chi connectivity index (χ1n) is 5.88. The molecule has 0 rings (SSSR count). The molecule has 0 aliphatic carbocycles. The van der Waals surface area contributed by atoms with Gasteiger partial charge in [0.05, 0.1) is 7.11 Å². The van der Waals surface area contributed by atoms with E-state index in [1.807, 2.05) is 0 Å². The van der Waals surface area contributed by atoms with Gasteiger partial charge >= 0.3 is 22.9 Å². The Kier molecular flexibility index (Phi) is 7.62. The number of hydrogen-bond donors (Lipinski definition) is 0. The van der Waals surface area contributed by atoms with Crippen molar-refractivity contribution in [1.29, 1.82) is 0 Å². The first-order chi connectivity index (χ1) is 9.40. The van der Waals surface area contributed by atoms with Gasteiger partial charge in [0.15, 0.2) is 0 Å². The van der Waals surface area contributed by atoms with E-state index in [9.17, 15) is 31.1 Å². The Balaban J connectivity index is 4.51. The summed E-state index contributed by atoms with van der Waals surface area (Å²) < 4.78 is 82.9. The lowest BCUT2D eigenvalue weighted by Crippen LogP contribution is -2.56. The molecule has 0 amide bonds. The van der Waals surface area contributed by atoms with Crippen LogP contribution in [0, 0.1) is 0 Å². The zero-order chi connectivity index (χ0) is 16.9. The second-order valence-electron chi connectivity index (χ2n) is 4.34. The number of hydrogen-bond acceptors (Lipinski definition) is 2. The van der Waals surface area contributed by atoms with Crippen molar-refractivity contribution in [3.8, 4) is 0 Å². The van der Waals surface area contributed by atoms with E-state index in [1.54, 1.807) is 0 Å². The maximum absolute atomic E-state index is 13.5. The summed E-state index contributed by atoms with van der Waals surface area (Å²) in [7, 11) is 1.14. The fourth-order valence-electron chi connectivity index (χ4n) is 1.43. The molecular formula is C11H14Cl2F6O2. The molecular weight excluding hydrogens is 349 g/mol. The molecule has 0 aromatic rings. The Morgan fingerprint density at radius 3 is 2.10 bits per heavy atom. The van der Waals surface area contributed by atoms with Crippen molar-refractivity contribution < 1.29 is 35.9 Å². The van der Waals surface area contributed by atoms with Crippen LogP contribution in [0.25, 0.3) is 0 Å². The zero-order valence-corrected chi connectivity index (χ0v) is 12.5. The second kappa shape index (κ2) is 7.76. The van der Waals surface area contributed by atoms with E-state index in [4.69, 9.17) is 0 Å². The molecule has 2 unspecified atom stereocenters. The summed E-state index contributed by atoms with van der Waals surface area (Å²) in [5.74, 6) is -10.5. The second-order valence-corrected chi connectivity index (χ2v) is 5.24. The Morgan fingerprint density at radius 2 is 1.67 bits per heavy atom. The number of rotatable bonds is 9. The molecule has 0 fully saturated rings. The van der Waals surface area contributed by atoms with Gasteiger partial charge in [-0.25, -0.2) is 17.6 Å². The number of halogens is 8. The van der Waals surface area contributed by atoms with Gasteiger partial charge in [-0.2, -0.15) is 8.78 Å². The summed E-state index contributed by atoms with van der Waals surface area (Å²) in [6, 6.07) is 0. The van der Waals surface area contributed by atoms with E-state index in [-0.39, 0.29) is 19.3 Å². The Hall–Kier alpha value is -0.370. The molecule has 0 aromatic heterocycles. The van der Waals surface area contributed by atoms with Gasteiger partial charge in [-0.1, -0.05) is 29.6 Å². The van der Waals surface area contributed by atoms with Crippen molar-refractivity contribution in [2.75, 3.05) is 7.11 Å². The topological polar surface area (TPSA) is 26.3 Å². The lowest BCUT2D eigenvalue weighted by molar-refractivity contribution is -0.220. The molecule has 0 N–H and O–H groups in total. The number of esters is 1. The monoisotopic (exact) mass is 362 g/mol. The SMILES string of the molecule is COC(=O)CCCCCC(F)(F)C(F)(Cl)C(F)(F)C(F)Cl. The van der Waals surface area contributed by atoms with Crippen LogP contribution in [0.15, 0.2) is 0 Å². The van der Waals surface area contributed by atoms with Crippen LogP contribution in [-0.4, -0.2) is 35.7 Å². The molecule has 0 bridgehead atoms. The number of carbonyl (C=O) groups is 1. The average Bonchev–Trinajstić information content (AvgIpc) is 2.37. The molecule has 0 aromatic carbocycles. The maximum Gasteiger partial charge on any atom is 0.345 e. The van der Waals surface area contributed by atoms with Crippen molar-refractivity contribution in [2.45, 2.75) is 54.7 Å². The molecule has 10 heteroatoms. The van der Waals surface area contributed by atoms with E-state index in [2.05, 4.69) is 27.9 Å². The fourth-order valence-corrected chi connectivity index (χ4v) is 1.83. The standard InChI is InChI=1S/C11H14Cl2F6O2/c1-21-7(20)5-3-2-4-6-9(15,16)11(13,19)10(17,18)8(12)14/h8H,2-6H2,1H3. The van der Waals surface area contributed by atoms with Gasteiger partial charge in [0, 0.05) is 12.8 Å². The maximum atomic E-state index is 13.5. The van der Waals surface area contributed by atoms with E-state index in [1.165, 1.54) is 0 Å². The zero-order valence-electron chi connectivity index (χ0n) is 11.0. The van der Waals surface area contributed by atoms with Crippen LogP contribution in [0.3, 0.4) is 0 Å². The normalized spacial score (nSPS) is 17.2. The van der Waals surface area contributed by atoms with Crippen LogP contribution in [0.4, 0.5) is 26.3 Å². The van der Waals surface area contributed by atoms with Gasteiger partial charge in [0.1, 0.15) is 0 Å². The van der Waals surface area contributed by atoms with E-state index >= 15 is 0 Å². The van der Waals surface area contributed by atoms with Crippen LogP contribution in [0.2, 0.25) is 0 Å². The summed E-state index contributed by atoms with van der Waals surface area (Å²) in [6.07, 6.45) is -1.59. The van der Waals surface area contributed by atoms with Crippen LogP contribution in [0.1, 0.15) is 32.1 Å². The predicted octanol–water partition coefficient (Wildman–Crippen LogP) is 4.82. The smallest absolute Gasteiger partial charge is 0.345 e. The van der Waals surface area contributed by atoms with Crippen LogP contribution in [-0.2, 0) is 9.53 Å². The predicted molar refractivity (Wildman–Crippen MR) is 65.4 cm³/mol. The first kappa shape index (κ1) is 20.6. The van der Waals surface area contributed by atoms with Crippen molar-refractivity contribution in [3.63, 3.8) is 0 Å². The summed E-state index contributed by atoms with van der Waals surface area (Å²) >= 11 is 8.90. The van der Waals surface area contributed by atoms with E-state index in [0.29, 0.717) is 0 Å². The lowest BCUT2D eigenvalue weighted by Gasteiger charge is -2.34. The largest absolute Gasteiger partial charge is 0.469 e. The third kappa shape index (κ3) is 5.09. The van der Waals surface area contributed by atoms with Crippen molar-refractivity contribution in [2.24, 2.45) is 0 Å². The van der Waals surface area contributed by atoms with Crippen LogP contribution >= 0.6 is 23.2 Å². The summed E-state index contributed by atoms with van der Waals surface area (Å²) in [6.45, 7) is 0. The molecule has 2 atom stereocenters. The highest BCUT2D eigenvalue weighted by molar-refractivity contribution is 6.26. The minimum atomic E-state index is -5.26. The van der Waals surface area contributed by atoms with Crippen LogP contribution in [0.5, 0.6) is 0 Å². The average molecular weight is 363 g/mol. The fraction of sp³-hybridized carbons (Fsp3) is 0.909. The Morgan fingerprint density at radius 1 is 1.14 bits per heavy atom. The third-order valence-corrected chi connectivity index (χ3v) is 3.55. The number of ether oxygens (including phenoxy) is 1. The molecule has 0 aliphatic heterocycles. The highest BCUT2D eigenvalue weighted by atomic mass is 35.5. The number of carbonyl (C=O) groups excluding carboxylic acids is 1. The summed E-state index contributed by atoms with van der Waals surface area (Å²) in [5.41, 5.74) is -3.69. The molecule has 126 valence electrons. The van der Waals surface area contributed by atoms with Crippen LogP contribution < -0.4 is 0 Å². The molecule has 0 heterocycles. The quantitative estimate of drug-likeness (QED) is 0.254. The molecule has 0 saturated carbocycles. The highest BCUT2D eigenvalue weighted by Gasteiger charge is 2.71. The van der Waals surface area contributed by atoms with E-state index < -0.39 is 41.4 Å². The minimum absolute atomic E-state index is 0.0309. The summed E-state index contributed by atoms with van der Waals surface area (Å²) in [4.78, 5) is 10.7. The highest BCUT2D eigenvalue weighted by Crippen LogP contribution is 2.52. The lowest BCUT2D eigenvalue weighted by atomic mass is 10.0. The third-order valence-electron chi connectivity index (χ3n) is 2.75. The number of methoxy groups -OCH3 is 1. The van der Waals surface area contributed by atoms with Crippen molar-refractivity contribution in [3.05, 3.63) is 0 Å². The molecule has 0 radical (unpaired) electrons. The number of alkyl halides is 8. The first-order valence-corrected chi connectivity index (χ1v) is 6.70. The van der Waals surface area contributed by atoms with Gasteiger partial charge in [0.25, 0.3) is 0 Å². The van der Waals surface area contributed by atoms with Gasteiger partial charge < -0.3 is 4.74 Å². The summed E-state index contributed by atoms with van der Waals surface area (Å²) in [5, 5.41) is -4.94. The molecule has 2 nitrogen and oxygen atoms in total. The number of unbranched alkanes of at least 4 members (excludes halogenated alkanes) is 2. The van der Waals surface area contributed by atoms with Gasteiger partial charge in [0.2, 0.25) is 5.63 Å². The molecule has 0 aliphatic rings. The van der Waals surface area contributed by atoms with Crippen molar-refractivity contribution in [1.82, 2.24) is 0 Å². The van der Waals surface area contributed by atoms with Gasteiger partial charge in [-0.05, 0) is 12.8 Å². The molecule has 0 spiro atoms. The molecule has 21 heavy (non-hydrogen) atoms. The minimum Gasteiger partial charge on any atom is -0.469 e. The Labute approximate surface area is 127 Å².